The van der Waals surface area contributed by atoms with Crippen LogP contribution in [0.5, 0.6) is 0 Å². The SMILES string of the molecule is Cn1cccc1C(=O)NCCCN1CCCC1. The van der Waals surface area contributed by atoms with Gasteiger partial charge in [0.25, 0.3) is 5.91 Å². The first-order chi connectivity index (χ1) is 8.27. The van der Waals surface area contributed by atoms with Gasteiger partial charge in [-0.2, -0.15) is 0 Å². The van der Waals surface area contributed by atoms with E-state index in [0.29, 0.717) is 0 Å². The van der Waals surface area contributed by atoms with Gasteiger partial charge < -0.3 is 14.8 Å². The molecule has 0 unspecified atom stereocenters. The first-order valence-electron chi connectivity index (χ1n) is 6.39. The number of carbonyl (C=O) groups excluding carboxylic acids is 1. The Morgan fingerprint density at radius 3 is 2.82 bits per heavy atom. The van der Waals surface area contributed by atoms with Gasteiger partial charge in [-0.25, -0.2) is 0 Å². The van der Waals surface area contributed by atoms with Crippen molar-refractivity contribution in [3.8, 4) is 0 Å². The summed E-state index contributed by atoms with van der Waals surface area (Å²) in [6, 6.07) is 3.73. The number of aromatic nitrogens is 1. The molecular formula is C13H21N3O. The molecule has 17 heavy (non-hydrogen) atoms. The molecule has 0 saturated carbocycles. The van der Waals surface area contributed by atoms with Crippen molar-refractivity contribution in [3.05, 3.63) is 24.0 Å². The summed E-state index contributed by atoms with van der Waals surface area (Å²) in [6.07, 6.45) is 5.58. The van der Waals surface area contributed by atoms with Gasteiger partial charge in [-0.3, -0.25) is 4.79 Å². The lowest BCUT2D eigenvalue weighted by Crippen LogP contribution is -2.29. The van der Waals surface area contributed by atoms with Crippen molar-refractivity contribution < 1.29 is 4.79 Å². The second-order valence-corrected chi connectivity index (χ2v) is 4.66. The Bertz CT molecular complexity index is 366. The van der Waals surface area contributed by atoms with E-state index in [-0.39, 0.29) is 5.91 Å². The molecule has 0 aliphatic carbocycles. The maximum atomic E-state index is 11.8. The summed E-state index contributed by atoms with van der Waals surface area (Å²) in [5.74, 6) is 0.0268. The Kier molecular flexibility index (Phi) is 4.20. The Labute approximate surface area is 103 Å². The van der Waals surface area contributed by atoms with Gasteiger partial charge in [-0.1, -0.05) is 0 Å². The molecule has 94 valence electrons. The summed E-state index contributed by atoms with van der Waals surface area (Å²) in [4.78, 5) is 14.2. The number of aryl methyl sites for hydroxylation is 1. The Morgan fingerprint density at radius 1 is 1.41 bits per heavy atom. The fourth-order valence-electron chi connectivity index (χ4n) is 2.30. The van der Waals surface area contributed by atoms with Crippen LogP contribution in [0, 0.1) is 0 Å². The van der Waals surface area contributed by atoms with E-state index in [1.807, 2.05) is 29.9 Å². The third-order valence-corrected chi connectivity index (χ3v) is 3.31. The molecule has 1 saturated heterocycles. The predicted octanol–water partition coefficient (Wildman–Crippen LogP) is 1.24. The molecule has 1 amide bonds. The molecule has 4 nitrogen and oxygen atoms in total. The summed E-state index contributed by atoms with van der Waals surface area (Å²) in [6.45, 7) is 4.32. The van der Waals surface area contributed by atoms with E-state index in [2.05, 4.69) is 10.2 Å². The van der Waals surface area contributed by atoms with Gasteiger partial charge in [0.2, 0.25) is 0 Å². The molecule has 1 aliphatic heterocycles. The number of carbonyl (C=O) groups is 1. The third-order valence-electron chi connectivity index (χ3n) is 3.31. The number of likely N-dealkylation sites (tertiary alicyclic amines) is 1. The van der Waals surface area contributed by atoms with E-state index in [4.69, 9.17) is 0 Å². The zero-order valence-electron chi connectivity index (χ0n) is 10.5. The average molecular weight is 235 g/mol. The normalized spacial score (nSPS) is 16.3. The minimum Gasteiger partial charge on any atom is -0.351 e. The van der Waals surface area contributed by atoms with Crippen LogP contribution in [-0.2, 0) is 7.05 Å². The van der Waals surface area contributed by atoms with Crippen LogP contribution in [0.1, 0.15) is 29.8 Å². The Morgan fingerprint density at radius 2 is 2.18 bits per heavy atom. The van der Waals surface area contributed by atoms with Crippen molar-refractivity contribution in [1.29, 1.82) is 0 Å². The summed E-state index contributed by atoms with van der Waals surface area (Å²) in [5, 5.41) is 2.96. The van der Waals surface area contributed by atoms with Gasteiger partial charge in [0, 0.05) is 19.8 Å². The van der Waals surface area contributed by atoms with Gasteiger partial charge in [0.1, 0.15) is 5.69 Å². The van der Waals surface area contributed by atoms with Crippen LogP contribution in [0.3, 0.4) is 0 Å². The van der Waals surface area contributed by atoms with Crippen molar-refractivity contribution in [2.75, 3.05) is 26.2 Å². The molecule has 0 aromatic carbocycles. The molecule has 0 atom stereocenters. The van der Waals surface area contributed by atoms with Crippen molar-refractivity contribution in [2.24, 2.45) is 7.05 Å². The second-order valence-electron chi connectivity index (χ2n) is 4.66. The van der Waals surface area contributed by atoms with E-state index in [1.165, 1.54) is 25.9 Å². The van der Waals surface area contributed by atoms with Gasteiger partial charge >= 0.3 is 0 Å². The highest BCUT2D eigenvalue weighted by molar-refractivity contribution is 5.92. The van der Waals surface area contributed by atoms with E-state index in [0.717, 1.165) is 25.2 Å². The van der Waals surface area contributed by atoms with Crippen molar-refractivity contribution in [3.63, 3.8) is 0 Å². The summed E-state index contributed by atoms with van der Waals surface area (Å²) in [7, 11) is 1.89. The molecule has 2 heterocycles. The summed E-state index contributed by atoms with van der Waals surface area (Å²) < 4.78 is 1.84. The van der Waals surface area contributed by atoms with Crippen LogP contribution in [0.4, 0.5) is 0 Å². The Hall–Kier alpha value is -1.29. The number of hydrogen-bond acceptors (Lipinski definition) is 2. The van der Waals surface area contributed by atoms with E-state index in [9.17, 15) is 4.79 Å². The van der Waals surface area contributed by atoms with E-state index in [1.54, 1.807) is 0 Å². The van der Waals surface area contributed by atoms with Crippen LogP contribution in [0.25, 0.3) is 0 Å². The molecule has 1 aromatic rings. The number of amides is 1. The van der Waals surface area contributed by atoms with Crippen LogP contribution >= 0.6 is 0 Å². The molecule has 1 aromatic heterocycles. The largest absolute Gasteiger partial charge is 0.351 e. The van der Waals surface area contributed by atoms with Gasteiger partial charge in [0.15, 0.2) is 0 Å². The average Bonchev–Trinajstić information content (AvgIpc) is 2.95. The minimum atomic E-state index is 0.0268. The molecule has 0 bridgehead atoms. The van der Waals surface area contributed by atoms with Crippen LogP contribution < -0.4 is 5.32 Å². The molecular weight excluding hydrogens is 214 g/mol. The summed E-state index contributed by atoms with van der Waals surface area (Å²) >= 11 is 0. The van der Waals surface area contributed by atoms with Crippen molar-refractivity contribution >= 4 is 5.91 Å². The quantitative estimate of drug-likeness (QED) is 0.780. The fourth-order valence-corrected chi connectivity index (χ4v) is 2.30. The first kappa shape index (κ1) is 12.2. The molecule has 2 rings (SSSR count). The van der Waals surface area contributed by atoms with Crippen LogP contribution in [0.15, 0.2) is 18.3 Å². The monoisotopic (exact) mass is 235 g/mol. The number of nitrogens with one attached hydrogen (secondary N) is 1. The van der Waals surface area contributed by atoms with Gasteiger partial charge in [-0.15, -0.1) is 0 Å². The lowest BCUT2D eigenvalue weighted by atomic mass is 10.3. The lowest BCUT2D eigenvalue weighted by molar-refractivity contribution is 0.0944. The number of hydrogen-bond donors (Lipinski definition) is 1. The molecule has 1 fully saturated rings. The zero-order chi connectivity index (χ0) is 12.1. The van der Waals surface area contributed by atoms with E-state index >= 15 is 0 Å². The van der Waals surface area contributed by atoms with E-state index < -0.39 is 0 Å². The number of nitrogens with zero attached hydrogens (tertiary/aromatic N) is 2. The van der Waals surface area contributed by atoms with Gasteiger partial charge in [-0.05, 0) is 51.0 Å². The molecule has 0 radical (unpaired) electrons. The highest BCUT2D eigenvalue weighted by Crippen LogP contribution is 2.07. The smallest absolute Gasteiger partial charge is 0.267 e. The standard InChI is InChI=1S/C13H21N3O/c1-15-8-4-6-12(15)13(17)14-7-5-11-16-9-2-3-10-16/h4,6,8H,2-3,5,7,9-11H2,1H3,(H,14,17). The molecule has 1 N–H and O–H groups in total. The molecule has 1 aliphatic rings. The third kappa shape index (κ3) is 3.33. The Balaban J connectivity index is 1.65. The van der Waals surface area contributed by atoms with Crippen molar-refractivity contribution in [1.82, 2.24) is 14.8 Å². The second kappa shape index (κ2) is 5.87. The van der Waals surface area contributed by atoms with Crippen molar-refractivity contribution in [2.45, 2.75) is 19.3 Å². The predicted molar refractivity (Wildman–Crippen MR) is 68.0 cm³/mol. The first-order valence-corrected chi connectivity index (χ1v) is 6.39. The maximum Gasteiger partial charge on any atom is 0.267 e. The zero-order valence-corrected chi connectivity index (χ0v) is 10.5. The highest BCUT2D eigenvalue weighted by atomic mass is 16.1. The highest BCUT2D eigenvalue weighted by Gasteiger charge is 2.11. The maximum absolute atomic E-state index is 11.8. The molecule has 4 heteroatoms. The fraction of sp³-hybridized carbons (Fsp3) is 0.615. The lowest BCUT2D eigenvalue weighted by Gasteiger charge is -2.14. The van der Waals surface area contributed by atoms with Crippen LogP contribution in [-0.4, -0.2) is 41.6 Å². The van der Waals surface area contributed by atoms with Gasteiger partial charge in [0.05, 0.1) is 0 Å². The molecule has 0 spiro atoms. The summed E-state index contributed by atoms with van der Waals surface area (Å²) in [5.41, 5.74) is 0.728. The number of rotatable bonds is 5. The van der Waals surface area contributed by atoms with Crippen LogP contribution in [0.2, 0.25) is 0 Å². The topological polar surface area (TPSA) is 37.3 Å². The minimum absolute atomic E-state index is 0.0268.